The third-order valence-electron chi connectivity index (χ3n) is 4.00. The van der Waals surface area contributed by atoms with Gasteiger partial charge in [-0.25, -0.2) is 4.98 Å². The van der Waals surface area contributed by atoms with Gasteiger partial charge in [0.1, 0.15) is 12.1 Å². The van der Waals surface area contributed by atoms with E-state index < -0.39 is 11.8 Å². The lowest BCUT2D eigenvalue weighted by atomic mass is 10.1. The Hall–Kier alpha value is -3.33. The van der Waals surface area contributed by atoms with Gasteiger partial charge in [0.05, 0.1) is 0 Å². The van der Waals surface area contributed by atoms with Gasteiger partial charge in [-0.15, -0.1) is 0 Å². The summed E-state index contributed by atoms with van der Waals surface area (Å²) >= 11 is 1.51. The van der Waals surface area contributed by atoms with Crippen LogP contribution in [0.4, 0.5) is 0 Å². The zero-order valence-electron chi connectivity index (χ0n) is 16.1. The quantitative estimate of drug-likeness (QED) is 0.407. The Labute approximate surface area is 172 Å². The molecule has 0 saturated carbocycles. The van der Waals surface area contributed by atoms with Crippen LogP contribution in [0.3, 0.4) is 0 Å². The summed E-state index contributed by atoms with van der Waals surface area (Å²) in [4.78, 5) is 28.2. The number of hydrogen-bond acceptors (Lipinski definition) is 6. The molecule has 150 valence electrons. The van der Waals surface area contributed by atoms with E-state index >= 15 is 0 Å². The van der Waals surface area contributed by atoms with Crippen molar-refractivity contribution < 1.29 is 14.3 Å². The number of amides is 2. The van der Waals surface area contributed by atoms with E-state index in [1.54, 1.807) is 12.1 Å². The molecule has 0 aliphatic carbocycles. The number of aromatic nitrogens is 3. The van der Waals surface area contributed by atoms with Crippen molar-refractivity contribution in [3.05, 3.63) is 71.0 Å². The molecule has 2 amide bonds. The molecule has 3 aromatic rings. The number of aryl methyl sites for hydroxylation is 2. The molecule has 29 heavy (non-hydrogen) atoms. The van der Waals surface area contributed by atoms with Crippen molar-refractivity contribution in [1.29, 1.82) is 0 Å². The molecule has 0 atom stereocenters. The predicted octanol–water partition coefficient (Wildman–Crippen LogP) is 2.55. The average molecular weight is 411 g/mol. The van der Waals surface area contributed by atoms with Gasteiger partial charge >= 0.3 is 0 Å². The van der Waals surface area contributed by atoms with Gasteiger partial charge < -0.3 is 4.74 Å². The summed E-state index contributed by atoms with van der Waals surface area (Å²) < 4.78 is 5.51. The van der Waals surface area contributed by atoms with Crippen LogP contribution >= 0.6 is 11.8 Å². The molecule has 0 saturated heterocycles. The number of nitrogens with zero attached hydrogens (tertiary/aromatic N) is 2. The summed E-state index contributed by atoms with van der Waals surface area (Å²) in [5, 5.41) is 7.30. The molecule has 0 bridgehead atoms. The standard InChI is InChI=1S/C20H21N5O3S/c1-13-3-4-14(2)17(9-13)28-10-18(26)23-24-19(27)16-7-5-15(6-8-16)11-29-20-21-12-22-25-20/h3-9,12H,10-11H2,1-2H3,(H,23,26)(H,24,27)(H,21,22,25). The van der Waals surface area contributed by atoms with E-state index in [9.17, 15) is 9.59 Å². The van der Waals surface area contributed by atoms with E-state index in [-0.39, 0.29) is 6.61 Å². The van der Waals surface area contributed by atoms with E-state index in [0.29, 0.717) is 17.1 Å². The van der Waals surface area contributed by atoms with Gasteiger partial charge in [0.2, 0.25) is 0 Å². The number of aromatic amines is 1. The Bertz CT molecular complexity index is 974. The molecule has 0 unspecified atom stereocenters. The second-order valence-corrected chi connectivity index (χ2v) is 7.30. The Kier molecular flexibility index (Phi) is 6.85. The first-order chi connectivity index (χ1) is 14.0. The predicted molar refractivity (Wildman–Crippen MR) is 109 cm³/mol. The lowest BCUT2D eigenvalue weighted by Gasteiger charge is -2.11. The van der Waals surface area contributed by atoms with Gasteiger partial charge in [-0.2, -0.15) is 5.10 Å². The summed E-state index contributed by atoms with van der Waals surface area (Å²) in [6.07, 6.45) is 1.46. The molecule has 1 aromatic heterocycles. The topological polar surface area (TPSA) is 109 Å². The Morgan fingerprint density at radius 3 is 2.62 bits per heavy atom. The zero-order chi connectivity index (χ0) is 20.6. The summed E-state index contributed by atoms with van der Waals surface area (Å²) in [7, 11) is 0. The smallest absolute Gasteiger partial charge is 0.276 e. The molecule has 1 heterocycles. The largest absolute Gasteiger partial charge is 0.483 e. The molecule has 0 aliphatic heterocycles. The van der Waals surface area contributed by atoms with Crippen molar-refractivity contribution in [3.63, 3.8) is 0 Å². The maximum absolute atomic E-state index is 12.2. The fraction of sp³-hybridized carbons (Fsp3) is 0.200. The SMILES string of the molecule is Cc1ccc(C)c(OCC(=O)NNC(=O)c2ccc(CSc3ncn[nH]3)cc2)c1. The van der Waals surface area contributed by atoms with Crippen LogP contribution in [0, 0.1) is 13.8 Å². The van der Waals surface area contributed by atoms with Crippen molar-refractivity contribution in [1.82, 2.24) is 26.0 Å². The normalized spacial score (nSPS) is 10.4. The zero-order valence-corrected chi connectivity index (χ0v) is 16.9. The molecule has 0 aliphatic rings. The molecule has 0 fully saturated rings. The van der Waals surface area contributed by atoms with Crippen LogP contribution in [0.5, 0.6) is 5.75 Å². The first kappa shape index (κ1) is 20.4. The number of thioether (sulfide) groups is 1. The van der Waals surface area contributed by atoms with E-state index in [4.69, 9.17) is 4.74 Å². The van der Waals surface area contributed by atoms with E-state index in [0.717, 1.165) is 21.8 Å². The summed E-state index contributed by atoms with van der Waals surface area (Å²) in [5.41, 5.74) is 8.20. The van der Waals surface area contributed by atoms with Gasteiger partial charge in [0.25, 0.3) is 11.8 Å². The lowest BCUT2D eigenvalue weighted by Crippen LogP contribution is -2.43. The van der Waals surface area contributed by atoms with Crippen molar-refractivity contribution in [2.75, 3.05) is 6.61 Å². The molecule has 3 N–H and O–H groups in total. The summed E-state index contributed by atoms with van der Waals surface area (Å²) in [6.45, 7) is 3.66. The van der Waals surface area contributed by atoms with Gasteiger partial charge in [-0.3, -0.25) is 25.5 Å². The van der Waals surface area contributed by atoms with Gasteiger partial charge in [0, 0.05) is 11.3 Å². The highest BCUT2D eigenvalue weighted by molar-refractivity contribution is 7.98. The fourth-order valence-electron chi connectivity index (χ4n) is 2.41. The number of carbonyl (C=O) groups is 2. The molecule has 9 heteroatoms. The highest BCUT2D eigenvalue weighted by Gasteiger charge is 2.09. The third kappa shape index (κ3) is 6.08. The van der Waals surface area contributed by atoms with Crippen molar-refractivity contribution in [2.45, 2.75) is 24.8 Å². The number of nitrogens with one attached hydrogen (secondary N) is 3. The molecular weight excluding hydrogens is 390 g/mol. The van der Waals surface area contributed by atoms with Crippen LogP contribution < -0.4 is 15.6 Å². The summed E-state index contributed by atoms with van der Waals surface area (Å²) in [6, 6.07) is 12.9. The van der Waals surface area contributed by atoms with Crippen LogP contribution in [0.15, 0.2) is 53.9 Å². The van der Waals surface area contributed by atoms with Crippen molar-refractivity contribution in [3.8, 4) is 5.75 Å². The molecular formula is C20H21N5O3S. The van der Waals surface area contributed by atoms with Crippen LogP contribution in [0.2, 0.25) is 0 Å². The van der Waals surface area contributed by atoms with Crippen molar-refractivity contribution in [2.24, 2.45) is 0 Å². The Morgan fingerprint density at radius 2 is 1.90 bits per heavy atom. The monoisotopic (exact) mass is 411 g/mol. The molecule has 0 spiro atoms. The summed E-state index contributed by atoms with van der Waals surface area (Å²) in [5.74, 6) is 0.493. The number of rotatable bonds is 7. The van der Waals surface area contributed by atoms with E-state index in [1.165, 1.54) is 18.1 Å². The van der Waals surface area contributed by atoms with E-state index in [2.05, 4.69) is 26.0 Å². The highest BCUT2D eigenvalue weighted by Crippen LogP contribution is 2.19. The van der Waals surface area contributed by atoms with E-state index in [1.807, 2.05) is 44.2 Å². The van der Waals surface area contributed by atoms with Gasteiger partial charge in [0.15, 0.2) is 11.8 Å². The first-order valence-corrected chi connectivity index (χ1v) is 9.86. The van der Waals surface area contributed by atoms with Crippen LogP contribution in [0.25, 0.3) is 0 Å². The van der Waals surface area contributed by atoms with Gasteiger partial charge in [-0.1, -0.05) is 36.0 Å². The minimum atomic E-state index is -0.445. The maximum Gasteiger partial charge on any atom is 0.276 e. The molecule has 2 aromatic carbocycles. The fourth-order valence-corrected chi connectivity index (χ4v) is 3.14. The molecule has 3 rings (SSSR count). The lowest BCUT2D eigenvalue weighted by molar-refractivity contribution is -0.123. The highest BCUT2D eigenvalue weighted by atomic mass is 32.2. The Balaban J connectivity index is 1.43. The number of hydrazine groups is 1. The molecule has 0 radical (unpaired) electrons. The number of ether oxygens (including phenoxy) is 1. The van der Waals surface area contributed by atoms with Crippen LogP contribution in [0.1, 0.15) is 27.0 Å². The van der Waals surface area contributed by atoms with Gasteiger partial charge in [-0.05, 0) is 48.7 Å². The number of hydrogen-bond donors (Lipinski definition) is 3. The second-order valence-electron chi connectivity index (χ2n) is 6.34. The maximum atomic E-state index is 12.2. The first-order valence-electron chi connectivity index (χ1n) is 8.87. The van der Waals surface area contributed by atoms with Crippen LogP contribution in [-0.4, -0.2) is 33.6 Å². The average Bonchev–Trinajstić information content (AvgIpc) is 3.25. The number of benzene rings is 2. The minimum Gasteiger partial charge on any atom is -0.483 e. The molecule has 8 nitrogen and oxygen atoms in total. The number of H-pyrrole nitrogens is 1. The van der Waals surface area contributed by atoms with Crippen molar-refractivity contribution >= 4 is 23.6 Å². The number of carbonyl (C=O) groups excluding carboxylic acids is 2. The minimum absolute atomic E-state index is 0.192. The third-order valence-corrected chi connectivity index (χ3v) is 4.95. The van der Waals surface area contributed by atoms with Crippen LogP contribution in [-0.2, 0) is 10.5 Å². The second kappa shape index (κ2) is 9.74. The Morgan fingerprint density at radius 1 is 1.10 bits per heavy atom.